The minimum Gasteiger partial charge on any atom is -0.342 e. The molecule has 4 heteroatoms. The maximum atomic E-state index is 12.5. The molecule has 1 amide bonds. The van der Waals surface area contributed by atoms with Crippen LogP contribution >= 0.6 is 11.8 Å². The van der Waals surface area contributed by atoms with Crippen LogP contribution in [0.25, 0.3) is 0 Å². The van der Waals surface area contributed by atoms with Gasteiger partial charge in [-0.1, -0.05) is 30.3 Å². The van der Waals surface area contributed by atoms with Crippen molar-refractivity contribution in [2.45, 2.75) is 26.0 Å². The molecule has 0 heterocycles. The third-order valence-corrected chi connectivity index (χ3v) is 4.24. The summed E-state index contributed by atoms with van der Waals surface area (Å²) in [5.74, 6) is 0.549. The van der Waals surface area contributed by atoms with Gasteiger partial charge in [-0.2, -0.15) is 0 Å². The molecule has 0 saturated carbocycles. The Morgan fingerprint density at radius 2 is 1.74 bits per heavy atom. The largest absolute Gasteiger partial charge is 0.342 e. The first-order chi connectivity index (χ1) is 9.10. The van der Waals surface area contributed by atoms with Crippen molar-refractivity contribution in [3.8, 4) is 0 Å². The average Bonchev–Trinajstić information content (AvgIpc) is 2.41. The van der Waals surface area contributed by atoms with Crippen LogP contribution in [0.1, 0.15) is 31.6 Å². The zero-order chi connectivity index (χ0) is 14.3. The monoisotopic (exact) mass is 279 g/mol. The molecular formula is C15H21NO2S. The smallest absolute Gasteiger partial charge is 0.240 e. The van der Waals surface area contributed by atoms with E-state index in [0.29, 0.717) is 18.8 Å². The predicted octanol–water partition coefficient (Wildman–Crippen LogP) is 2.92. The van der Waals surface area contributed by atoms with E-state index >= 15 is 0 Å². The van der Waals surface area contributed by atoms with Crippen molar-refractivity contribution in [2.24, 2.45) is 0 Å². The molecule has 0 aromatic heterocycles. The molecule has 1 atom stereocenters. The molecule has 1 aromatic carbocycles. The van der Waals surface area contributed by atoms with Crippen LogP contribution in [0, 0.1) is 0 Å². The number of thioether (sulfide) groups is 1. The Bertz CT molecular complexity index is 415. The lowest BCUT2D eigenvalue weighted by Crippen LogP contribution is -2.34. The summed E-state index contributed by atoms with van der Waals surface area (Å²) >= 11 is 1.41. The number of hydrogen-bond donors (Lipinski definition) is 0. The molecule has 0 aliphatic heterocycles. The number of carbonyl (C=O) groups excluding carboxylic acids is 2. The summed E-state index contributed by atoms with van der Waals surface area (Å²) in [5.41, 5.74) is 0.964. The number of hydrogen-bond acceptors (Lipinski definition) is 3. The molecule has 19 heavy (non-hydrogen) atoms. The van der Waals surface area contributed by atoms with Gasteiger partial charge in [-0.3, -0.25) is 9.59 Å². The van der Waals surface area contributed by atoms with Gasteiger partial charge in [0.15, 0.2) is 0 Å². The lowest BCUT2D eigenvalue weighted by molar-refractivity contribution is -0.130. The summed E-state index contributed by atoms with van der Waals surface area (Å²) in [5, 5.41) is -0.287. The summed E-state index contributed by atoms with van der Waals surface area (Å²) in [7, 11) is 0. The van der Waals surface area contributed by atoms with E-state index in [9.17, 15) is 9.59 Å². The van der Waals surface area contributed by atoms with E-state index in [4.69, 9.17) is 0 Å². The van der Waals surface area contributed by atoms with Gasteiger partial charge in [0.1, 0.15) is 11.0 Å². The van der Waals surface area contributed by atoms with E-state index < -0.39 is 0 Å². The van der Waals surface area contributed by atoms with Crippen LogP contribution in [-0.4, -0.2) is 35.4 Å². The topological polar surface area (TPSA) is 37.4 Å². The van der Waals surface area contributed by atoms with E-state index in [2.05, 4.69) is 0 Å². The van der Waals surface area contributed by atoms with Crippen molar-refractivity contribution in [3.05, 3.63) is 35.9 Å². The second-order valence-electron chi connectivity index (χ2n) is 4.31. The molecule has 0 aliphatic rings. The third kappa shape index (κ3) is 4.71. The predicted molar refractivity (Wildman–Crippen MR) is 80.3 cm³/mol. The molecular weight excluding hydrogens is 258 g/mol. The lowest BCUT2D eigenvalue weighted by atomic mass is 10.1. The molecule has 0 saturated heterocycles. The molecule has 1 rings (SSSR count). The Hall–Kier alpha value is -1.29. The van der Waals surface area contributed by atoms with Crippen molar-refractivity contribution in [1.82, 2.24) is 4.90 Å². The second-order valence-corrected chi connectivity index (χ2v) is 5.41. The fraction of sp³-hybridized carbons (Fsp3) is 0.467. The number of rotatable bonds is 7. The third-order valence-electron chi connectivity index (χ3n) is 2.85. The molecule has 0 fully saturated rings. The summed E-state index contributed by atoms with van der Waals surface area (Å²) < 4.78 is 0. The molecule has 0 spiro atoms. The number of benzene rings is 1. The molecule has 1 unspecified atom stereocenters. The highest BCUT2D eigenvalue weighted by Crippen LogP contribution is 2.30. The Morgan fingerprint density at radius 3 is 2.21 bits per heavy atom. The lowest BCUT2D eigenvalue weighted by Gasteiger charge is -2.25. The molecule has 0 N–H and O–H groups in total. The molecule has 104 valence electrons. The molecule has 0 bridgehead atoms. The molecule has 3 nitrogen and oxygen atoms in total. The van der Waals surface area contributed by atoms with Gasteiger partial charge in [-0.05, 0) is 26.3 Å². The van der Waals surface area contributed by atoms with Crippen LogP contribution in [0.5, 0.6) is 0 Å². The summed E-state index contributed by atoms with van der Waals surface area (Å²) in [6.45, 7) is 6.88. The minimum atomic E-state index is -0.287. The normalized spacial score (nSPS) is 11.9. The first-order valence-electron chi connectivity index (χ1n) is 6.54. The Labute approximate surface area is 119 Å². The van der Waals surface area contributed by atoms with Gasteiger partial charge in [0.2, 0.25) is 5.91 Å². The maximum absolute atomic E-state index is 12.5. The van der Waals surface area contributed by atoms with E-state index in [1.807, 2.05) is 49.1 Å². The van der Waals surface area contributed by atoms with Crippen LogP contribution in [0.3, 0.4) is 0 Å². The number of nitrogens with zero attached hydrogens (tertiary/aromatic N) is 1. The van der Waals surface area contributed by atoms with Crippen LogP contribution in [0.4, 0.5) is 0 Å². The minimum absolute atomic E-state index is 0.0856. The number of carbonyl (C=O) groups is 2. The Kier molecular flexibility index (Phi) is 6.64. The average molecular weight is 279 g/mol. The van der Waals surface area contributed by atoms with Gasteiger partial charge in [0.05, 0.1) is 5.75 Å². The zero-order valence-corrected chi connectivity index (χ0v) is 12.6. The van der Waals surface area contributed by atoms with E-state index in [1.165, 1.54) is 11.8 Å². The van der Waals surface area contributed by atoms with Gasteiger partial charge in [0.25, 0.3) is 0 Å². The van der Waals surface area contributed by atoms with Gasteiger partial charge < -0.3 is 4.90 Å². The fourth-order valence-electron chi connectivity index (χ4n) is 1.84. The van der Waals surface area contributed by atoms with Crippen LogP contribution in [0.15, 0.2) is 30.3 Å². The Balaban J connectivity index is 2.92. The highest BCUT2D eigenvalue weighted by Gasteiger charge is 2.25. The highest BCUT2D eigenvalue weighted by molar-refractivity contribution is 8.00. The second kappa shape index (κ2) is 8.00. The molecule has 0 aliphatic carbocycles. The van der Waals surface area contributed by atoms with Gasteiger partial charge >= 0.3 is 0 Å². The maximum Gasteiger partial charge on any atom is 0.240 e. The Morgan fingerprint density at radius 1 is 1.16 bits per heavy atom. The first kappa shape index (κ1) is 15.8. The van der Waals surface area contributed by atoms with Crippen molar-refractivity contribution in [2.75, 3.05) is 18.8 Å². The van der Waals surface area contributed by atoms with Gasteiger partial charge in [-0.25, -0.2) is 0 Å². The van der Waals surface area contributed by atoms with Crippen molar-refractivity contribution in [3.63, 3.8) is 0 Å². The van der Waals surface area contributed by atoms with Gasteiger partial charge in [-0.15, -0.1) is 11.8 Å². The summed E-state index contributed by atoms with van der Waals surface area (Å²) in [4.78, 5) is 25.5. The van der Waals surface area contributed by atoms with Crippen molar-refractivity contribution >= 4 is 23.5 Å². The van der Waals surface area contributed by atoms with E-state index in [0.717, 1.165) is 5.56 Å². The summed E-state index contributed by atoms with van der Waals surface area (Å²) in [6.07, 6.45) is 0. The first-order valence-corrected chi connectivity index (χ1v) is 7.59. The quantitative estimate of drug-likeness (QED) is 0.770. The molecule has 1 aromatic rings. The highest BCUT2D eigenvalue weighted by atomic mass is 32.2. The SMILES string of the molecule is CCN(CC)C(=O)C(SCC(C)=O)c1ccccc1. The number of ketones is 1. The fourth-order valence-corrected chi connectivity index (χ4v) is 2.88. The van der Waals surface area contributed by atoms with Gasteiger partial charge in [0, 0.05) is 13.1 Å². The van der Waals surface area contributed by atoms with E-state index in [-0.39, 0.29) is 16.9 Å². The van der Waals surface area contributed by atoms with Crippen LogP contribution in [0.2, 0.25) is 0 Å². The van der Waals surface area contributed by atoms with Crippen LogP contribution < -0.4 is 0 Å². The number of amides is 1. The van der Waals surface area contributed by atoms with E-state index in [1.54, 1.807) is 6.92 Å². The molecule has 0 radical (unpaired) electrons. The number of Topliss-reactive ketones (excluding diaryl/α,β-unsaturated/α-hetero) is 1. The van der Waals surface area contributed by atoms with Crippen LogP contribution in [-0.2, 0) is 9.59 Å². The van der Waals surface area contributed by atoms with Crippen molar-refractivity contribution < 1.29 is 9.59 Å². The number of likely N-dealkylation sites (N-methyl/N-ethyl adjacent to an activating group) is 1. The summed E-state index contributed by atoms with van der Waals surface area (Å²) in [6, 6.07) is 9.66. The zero-order valence-electron chi connectivity index (χ0n) is 11.8. The standard InChI is InChI=1S/C15H21NO2S/c1-4-16(5-2)15(18)14(19-11-12(3)17)13-9-7-6-8-10-13/h6-10,14H,4-5,11H2,1-3H3. The van der Waals surface area contributed by atoms with Crippen molar-refractivity contribution in [1.29, 1.82) is 0 Å².